The second-order valence-electron chi connectivity index (χ2n) is 3.23. The van der Waals surface area contributed by atoms with Gasteiger partial charge >= 0.3 is 0 Å². The highest BCUT2D eigenvalue weighted by molar-refractivity contribution is 6.30. The van der Waals surface area contributed by atoms with Gasteiger partial charge in [0.25, 0.3) is 0 Å². The lowest BCUT2D eigenvalue weighted by Crippen LogP contribution is -2.23. The third-order valence-electron chi connectivity index (χ3n) is 1.75. The Labute approximate surface area is 87.7 Å². The van der Waals surface area contributed by atoms with Gasteiger partial charge in [-0.05, 0) is 24.6 Å². The maximum Gasteiger partial charge on any atom is 0.141 e. The van der Waals surface area contributed by atoms with E-state index >= 15 is 0 Å². The topological polar surface area (TPSA) is 32.3 Å². The van der Waals surface area contributed by atoms with Crippen molar-refractivity contribution >= 4 is 11.6 Å². The fourth-order valence-corrected chi connectivity index (χ4v) is 1.28. The van der Waals surface area contributed by atoms with Crippen molar-refractivity contribution in [3.63, 3.8) is 0 Å². The molecule has 0 heterocycles. The van der Waals surface area contributed by atoms with Crippen molar-refractivity contribution in [2.45, 2.75) is 19.6 Å². The molecule has 0 saturated heterocycles. The van der Waals surface area contributed by atoms with Crippen molar-refractivity contribution < 1.29 is 9.50 Å². The minimum absolute atomic E-state index is 0.126. The van der Waals surface area contributed by atoms with Gasteiger partial charge in [0, 0.05) is 13.1 Å². The van der Waals surface area contributed by atoms with Gasteiger partial charge in [-0.25, -0.2) is 4.39 Å². The first-order chi connectivity index (χ1) is 6.59. The number of aliphatic hydroxyl groups excluding tert-OH is 1. The van der Waals surface area contributed by atoms with E-state index in [9.17, 15) is 4.39 Å². The summed E-state index contributed by atoms with van der Waals surface area (Å²) in [5, 5.41) is 12.1. The maximum atomic E-state index is 12.8. The van der Waals surface area contributed by atoms with E-state index < -0.39 is 5.82 Å². The number of aliphatic hydroxyl groups is 1. The zero-order valence-corrected chi connectivity index (χ0v) is 8.68. The predicted octanol–water partition coefficient (Wildman–Crippen LogP) is 1.95. The Morgan fingerprint density at radius 3 is 2.86 bits per heavy atom. The molecule has 0 unspecified atom stereocenters. The molecule has 0 radical (unpaired) electrons. The summed E-state index contributed by atoms with van der Waals surface area (Å²) >= 11 is 5.60. The van der Waals surface area contributed by atoms with Crippen LogP contribution in [-0.2, 0) is 6.54 Å². The lowest BCUT2D eigenvalue weighted by molar-refractivity contribution is 0.191. The molecule has 0 aliphatic rings. The molecule has 0 bridgehead atoms. The summed E-state index contributed by atoms with van der Waals surface area (Å²) in [6, 6.07) is 4.57. The number of nitrogens with one attached hydrogen (secondary N) is 1. The molecular weight excluding hydrogens is 205 g/mol. The Kier molecular flexibility index (Phi) is 4.32. The maximum absolute atomic E-state index is 12.8. The van der Waals surface area contributed by atoms with Crippen LogP contribution in [0.25, 0.3) is 0 Å². The van der Waals surface area contributed by atoms with E-state index in [1.165, 1.54) is 6.07 Å². The van der Waals surface area contributed by atoms with Gasteiger partial charge in [-0.1, -0.05) is 17.7 Å². The zero-order chi connectivity index (χ0) is 10.6. The van der Waals surface area contributed by atoms with E-state index in [1.54, 1.807) is 19.1 Å². The van der Waals surface area contributed by atoms with Crippen LogP contribution in [0.5, 0.6) is 0 Å². The van der Waals surface area contributed by atoms with Gasteiger partial charge in [0.15, 0.2) is 0 Å². The van der Waals surface area contributed by atoms with Crippen LogP contribution in [0.4, 0.5) is 4.39 Å². The molecule has 1 rings (SSSR count). The highest BCUT2D eigenvalue weighted by atomic mass is 35.5. The Balaban J connectivity index is 2.47. The summed E-state index contributed by atoms with van der Waals surface area (Å²) in [5.74, 6) is -0.411. The van der Waals surface area contributed by atoms with E-state index in [0.29, 0.717) is 13.1 Å². The Bertz CT molecular complexity index is 304. The Morgan fingerprint density at radius 2 is 2.29 bits per heavy atom. The number of hydrogen-bond donors (Lipinski definition) is 2. The van der Waals surface area contributed by atoms with Crippen LogP contribution in [0.15, 0.2) is 18.2 Å². The van der Waals surface area contributed by atoms with Gasteiger partial charge in [-0.3, -0.25) is 0 Å². The van der Waals surface area contributed by atoms with Gasteiger partial charge in [0.2, 0.25) is 0 Å². The molecule has 0 spiro atoms. The monoisotopic (exact) mass is 217 g/mol. The highest BCUT2D eigenvalue weighted by Crippen LogP contribution is 2.15. The summed E-state index contributed by atoms with van der Waals surface area (Å²) in [4.78, 5) is 0. The molecule has 0 saturated carbocycles. The molecule has 0 aliphatic heterocycles. The summed E-state index contributed by atoms with van der Waals surface area (Å²) in [6.07, 6.45) is -0.383. The van der Waals surface area contributed by atoms with Crippen LogP contribution in [0.2, 0.25) is 5.02 Å². The number of rotatable bonds is 4. The Hall–Kier alpha value is -0.640. The molecule has 1 aromatic rings. The van der Waals surface area contributed by atoms with Gasteiger partial charge in [-0.15, -0.1) is 0 Å². The Morgan fingerprint density at radius 1 is 1.57 bits per heavy atom. The van der Waals surface area contributed by atoms with Crippen LogP contribution >= 0.6 is 11.6 Å². The molecule has 4 heteroatoms. The summed E-state index contributed by atoms with van der Waals surface area (Å²) in [7, 11) is 0. The van der Waals surface area contributed by atoms with Crippen LogP contribution < -0.4 is 5.32 Å². The van der Waals surface area contributed by atoms with Crippen molar-refractivity contribution in [2.24, 2.45) is 0 Å². The van der Waals surface area contributed by atoms with Crippen LogP contribution in [0.1, 0.15) is 12.5 Å². The summed E-state index contributed by atoms with van der Waals surface area (Å²) in [5.41, 5.74) is 0.900. The van der Waals surface area contributed by atoms with Crippen LogP contribution in [0.3, 0.4) is 0 Å². The minimum atomic E-state index is -0.411. The molecular formula is C10H13ClFNO. The third kappa shape index (κ3) is 3.62. The quantitative estimate of drug-likeness (QED) is 0.808. The van der Waals surface area contributed by atoms with Gasteiger partial charge in [0.05, 0.1) is 11.1 Å². The standard InChI is InChI=1S/C10H13ClFNO/c1-7(14)5-13-6-8-2-3-10(12)9(11)4-8/h2-4,7,13-14H,5-6H2,1H3/t7-/m1/s1. The van der Waals surface area contributed by atoms with E-state index in [4.69, 9.17) is 16.7 Å². The first-order valence-electron chi connectivity index (χ1n) is 4.42. The van der Waals surface area contributed by atoms with Gasteiger partial charge in [0.1, 0.15) is 5.82 Å². The SMILES string of the molecule is C[C@@H](O)CNCc1ccc(F)c(Cl)c1. The molecule has 0 amide bonds. The zero-order valence-electron chi connectivity index (χ0n) is 7.93. The first-order valence-corrected chi connectivity index (χ1v) is 4.80. The lowest BCUT2D eigenvalue weighted by Gasteiger charge is -2.07. The number of benzene rings is 1. The van der Waals surface area contributed by atoms with Crippen molar-refractivity contribution in [1.82, 2.24) is 5.32 Å². The molecule has 2 nitrogen and oxygen atoms in total. The molecule has 2 N–H and O–H groups in total. The average molecular weight is 218 g/mol. The smallest absolute Gasteiger partial charge is 0.141 e. The normalized spacial score (nSPS) is 12.9. The van der Waals surface area contributed by atoms with E-state index in [1.807, 2.05) is 0 Å². The molecule has 0 aliphatic carbocycles. The van der Waals surface area contributed by atoms with Crippen LogP contribution in [0, 0.1) is 5.82 Å². The minimum Gasteiger partial charge on any atom is -0.392 e. The molecule has 78 valence electrons. The number of hydrogen-bond acceptors (Lipinski definition) is 2. The van der Waals surface area contributed by atoms with Crippen LogP contribution in [-0.4, -0.2) is 17.8 Å². The predicted molar refractivity (Wildman–Crippen MR) is 54.8 cm³/mol. The van der Waals surface area contributed by atoms with E-state index in [-0.39, 0.29) is 11.1 Å². The average Bonchev–Trinajstić information content (AvgIpc) is 2.10. The second-order valence-corrected chi connectivity index (χ2v) is 3.64. The molecule has 14 heavy (non-hydrogen) atoms. The molecule has 0 fully saturated rings. The van der Waals surface area contributed by atoms with E-state index in [0.717, 1.165) is 5.56 Å². The van der Waals surface area contributed by atoms with Crippen molar-refractivity contribution in [1.29, 1.82) is 0 Å². The van der Waals surface area contributed by atoms with Gasteiger partial charge in [-0.2, -0.15) is 0 Å². The second kappa shape index (κ2) is 5.29. The first kappa shape index (κ1) is 11.4. The highest BCUT2D eigenvalue weighted by Gasteiger charge is 2.01. The molecule has 1 aromatic carbocycles. The fraction of sp³-hybridized carbons (Fsp3) is 0.400. The van der Waals surface area contributed by atoms with Gasteiger partial charge < -0.3 is 10.4 Å². The van der Waals surface area contributed by atoms with Crippen molar-refractivity contribution in [3.8, 4) is 0 Å². The van der Waals surface area contributed by atoms with Crippen molar-refractivity contribution in [2.75, 3.05) is 6.54 Å². The largest absolute Gasteiger partial charge is 0.392 e. The summed E-state index contributed by atoms with van der Waals surface area (Å²) in [6.45, 7) is 2.78. The lowest BCUT2D eigenvalue weighted by atomic mass is 10.2. The third-order valence-corrected chi connectivity index (χ3v) is 2.04. The molecule has 1 atom stereocenters. The van der Waals surface area contributed by atoms with E-state index in [2.05, 4.69) is 5.32 Å². The van der Waals surface area contributed by atoms with Crippen molar-refractivity contribution in [3.05, 3.63) is 34.6 Å². The summed E-state index contributed by atoms with van der Waals surface area (Å²) < 4.78 is 12.8. The molecule has 0 aromatic heterocycles. The number of halogens is 2. The fourth-order valence-electron chi connectivity index (χ4n) is 1.07.